The lowest BCUT2D eigenvalue weighted by Crippen LogP contribution is -2.45. The zero-order valence-electron chi connectivity index (χ0n) is 12.6. The molecule has 0 spiro atoms. The van der Waals surface area contributed by atoms with Crippen LogP contribution in [0.5, 0.6) is 0 Å². The molecular weight excluding hydrogens is 240 g/mol. The summed E-state index contributed by atoms with van der Waals surface area (Å²) in [7, 11) is 2.27. The molecule has 1 N–H and O–H groups in total. The van der Waals surface area contributed by atoms with E-state index in [1.807, 2.05) is 0 Å². The van der Waals surface area contributed by atoms with Crippen molar-refractivity contribution < 1.29 is 9.47 Å². The molecule has 0 aromatic rings. The van der Waals surface area contributed by atoms with Crippen LogP contribution in [0.15, 0.2) is 0 Å². The summed E-state index contributed by atoms with van der Waals surface area (Å²) in [6.07, 6.45) is 3.64. The van der Waals surface area contributed by atoms with Gasteiger partial charge in [0, 0.05) is 44.9 Å². The van der Waals surface area contributed by atoms with Crippen LogP contribution in [0.2, 0.25) is 0 Å². The third kappa shape index (κ3) is 4.71. The van der Waals surface area contributed by atoms with Crippen molar-refractivity contribution in [1.82, 2.24) is 10.2 Å². The molecule has 0 aromatic carbocycles. The fourth-order valence-electron chi connectivity index (χ4n) is 3.37. The molecule has 2 aliphatic rings. The second kappa shape index (κ2) is 7.58. The average molecular weight is 270 g/mol. The number of nitrogens with zero attached hydrogens (tertiary/aromatic N) is 1. The zero-order valence-corrected chi connectivity index (χ0v) is 12.6. The Bertz CT molecular complexity index is 249. The van der Waals surface area contributed by atoms with Gasteiger partial charge >= 0.3 is 0 Å². The van der Waals surface area contributed by atoms with E-state index in [9.17, 15) is 0 Å². The molecule has 112 valence electrons. The molecule has 0 radical (unpaired) electrons. The SMILES string of the molecule is CCNCC1(CN(C)CC2CCOCC2)CCOC1. The standard InChI is InChI=1S/C15H30N2O2/c1-3-16-11-15(6-9-19-13-15)12-17(2)10-14-4-7-18-8-5-14/h14,16H,3-13H2,1-2H3. The molecule has 1 atom stereocenters. The van der Waals surface area contributed by atoms with Crippen LogP contribution in [-0.4, -0.2) is 64.6 Å². The molecule has 0 aliphatic carbocycles. The van der Waals surface area contributed by atoms with E-state index in [1.54, 1.807) is 0 Å². The van der Waals surface area contributed by atoms with E-state index in [4.69, 9.17) is 9.47 Å². The smallest absolute Gasteiger partial charge is 0.0547 e. The lowest BCUT2D eigenvalue weighted by Gasteiger charge is -2.35. The van der Waals surface area contributed by atoms with Gasteiger partial charge in [0.05, 0.1) is 6.61 Å². The van der Waals surface area contributed by atoms with E-state index >= 15 is 0 Å². The first-order valence-corrected chi connectivity index (χ1v) is 7.79. The number of hydrogen-bond acceptors (Lipinski definition) is 4. The largest absolute Gasteiger partial charge is 0.381 e. The van der Waals surface area contributed by atoms with Crippen LogP contribution in [0.1, 0.15) is 26.2 Å². The normalized spacial score (nSPS) is 29.2. The summed E-state index contributed by atoms with van der Waals surface area (Å²) in [5, 5.41) is 3.51. The molecule has 0 amide bonds. The second-order valence-corrected chi connectivity index (χ2v) is 6.34. The predicted molar refractivity (Wildman–Crippen MR) is 77.5 cm³/mol. The van der Waals surface area contributed by atoms with Crippen LogP contribution >= 0.6 is 0 Å². The molecule has 19 heavy (non-hydrogen) atoms. The number of rotatable bonds is 7. The summed E-state index contributed by atoms with van der Waals surface area (Å²) in [4.78, 5) is 2.52. The van der Waals surface area contributed by atoms with Crippen molar-refractivity contribution in [1.29, 1.82) is 0 Å². The van der Waals surface area contributed by atoms with Crippen LogP contribution in [-0.2, 0) is 9.47 Å². The van der Waals surface area contributed by atoms with E-state index in [-0.39, 0.29) is 0 Å². The number of hydrogen-bond donors (Lipinski definition) is 1. The maximum absolute atomic E-state index is 5.66. The Labute approximate surface area is 117 Å². The van der Waals surface area contributed by atoms with Crippen LogP contribution in [0.3, 0.4) is 0 Å². The van der Waals surface area contributed by atoms with Gasteiger partial charge in [-0.3, -0.25) is 0 Å². The summed E-state index contributed by atoms with van der Waals surface area (Å²) in [5.74, 6) is 0.817. The average Bonchev–Trinajstić information content (AvgIpc) is 2.86. The first-order valence-electron chi connectivity index (χ1n) is 7.79. The highest BCUT2D eigenvalue weighted by molar-refractivity contribution is 4.88. The van der Waals surface area contributed by atoms with Gasteiger partial charge in [0.1, 0.15) is 0 Å². The molecule has 2 fully saturated rings. The van der Waals surface area contributed by atoms with E-state index < -0.39 is 0 Å². The monoisotopic (exact) mass is 270 g/mol. The summed E-state index contributed by atoms with van der Waals surface area (Å²) < 4.78 is 11.1. The summed E-state index contributed by atoms with van der Waals surface area (Å²) in [6.45, 7) is 10.4. The number of nitrogens with one attached hydrogen (secondary N) is 1. The first-order chi connectivity index (χ1) is 9.24. The highest BCUT2D eigenvalue weighted by Gasteiger charge is 2.35. The molecule has 2 heterocycles. The van der Waals surface area contributed by atoms with Gasteiger partial charge in [-0.05, 0) is 38.8 Å². The lowest BCUT2D eigenvalue weighted by atomic mass is 9.86. The number of ether oxygens (including phenoxy) is 2. The highest BCUT2D eigenvalue weighted by Crippen LogP contribution is 2.29. The summed E-state index contributed by atoms with van der Waals surface area (Å²) in [6, 6.07) is 0. The molecule has 4 nitrogen and oxygen atoms in total. The highest BCUT2D eigenvalue weighted by atomic mass is 16.5. The van der Waals surface area contributed by atoms with E-state index in [0.717, 1.165) is 52.0 Å². The Hall–Kier alpha value is -0.160. The molecule has 0 bridgehead atoms. The van der Waals surface area contributed by atoms with Crippen molar-refractivity contribution in [2.45, 2.75) is 26.2 Å². The van der Waals surface area contributed by atoms with Gasteiger partial charge in [-0.15, -0.1) is 0 Å². The Morgan fingerprint density at radius 2 is 2.00 bits per heavy atom. The van der Waals surface area contributed by atoms with Crippen molar-refractivity contribution in [2.24, 2.45) is 11.3 Å². The predicted octanol–water partition coefficient (Wildman–Crippen LogP) is 1.36. The fraction of sp³-hybridized carbons (Fsp3) is 1.00. The molecule has 1 unspecified atom stereocenters. The molecule has 0 aromatic heterocycles. The fourth-order valence-corrected chi connectivity index (χ4v) is 3.37. The minimum Gasteiger partial charge on any atom is -0.381 e. The maximum atomic E-state index is 5.66. The van der Waals surface area contributed by atoms with Gasteiger partial charge in [-0.1, -0.05) is 6.92 Å². The molecule has 0 saturated carbocycles. The minimum atomic E-state index is 0.329. The van der Waals surface area contributed by atoms with E-state index in [2.05, 4.69) is 24.2 Å². The van der Waals surface area contributed by atoms with Crippen molar-refractivity contribution >= 4 is 0 Å². The minimum absolute atomic E-state index is 0.329. The van der Waals surface area contributed by atoms with Crippen LogP contribution in [0.4, 0.5) is 0 Å². The van der Waals surface area contributed by atoms with Gasteiger partial charge in [0.2, 0.25) is 0 Å². The molecule has 4 heteroatoms. The van der Waals surface area contributed by atoms with Crippen molar-refractivity contribution in [3.63, 3.8) is 0 Å². The van der Waals surface area contributed by atoms with Gasteiger partial charge < -0.3 is 19.7 Å². The Balaban J connectivity index is 1.78. The van der Waals surface area contributed by atoms with Crippen LogP contribution in [0.25, 0.3) is 0 Å². The molecule has 2 rings (SSSR count). The van der Waals surface area contributed by atoms with Crippen LogP contribution < -0.4 is 5.32 Å². The van der Waals surface area contributed by atoms with E-state index in [1.165, 1.54) is 25.8 Å². The van der Waals surface area contributed by atoms with Crippen molar-refractivity contribution in [2.75, 3.05) is 59.7 Å². The third-order valence-electron chi connectivity index (χ3n) is 4.45. The molecule has 2 saturated heterocycles. The van der Waals surface area contributed by atoms with E-state index in [0.29, 0.717) is 5.41 Å². The second-order valence-electron chi connectivity index (χ2n) is 6.34. The summed E-state index contributed by atoms with van der Waals surface area (Å²) >= 11 is 0. The van der Waals surface area contributed by atoms with Gasteiger partial charge in [-0.2, -0.15) is 0 Å². The molecule has 2 aliphatic heterocycles. The Kier molecular flexibility index (Phi) is 6.07. The van der Waals surface area contributed by atoms with Gasteiger partial charge in [0.15, 0.2) is 0 Å². The quantitative estimate of drug-likeness (QED) is 0.757. The lowest BCUT2D eigenvalue weighted by molar-refractivity contribution is 0.0474. The summed E-state index contributed by atoms with van der Waals surface area (Å²) in [5.41, 5.74) is 0.329. The topological polar surface area (TPSA) is 33.7 Å². The maximum Gasteiger partial charge on any atom is 0.0547 e. The van der Waals surface area contributed by atoms with Crippen molar-refractivity contribution in [3.05, 3.63) is 0 Å². The Morgan fingerprint density at radius 1 is 1.21 bits per heavy atom. The Morgan fingerprint density at radius 3 is 2.63 bits per heavy atom. The molecular formula is C15H30N2O2. The van der Waals surface area contributed by atoms with Gasteiger partial charge in [0.25, 0.3) is 0 Å². The van der Waals surface area contributed by atoms with Crippen molar-refractivity contribution in [3.8, 4) is 0 Å². The zero-order chi connectivity index (χ0) is 13.6. The third-order valence-corrected chi connectivity index (χ3v) is 4.45. The van der Waals surface area contributed by atoms with Gasteiger partial charge in [-0.25, -0.2) is 0 Å². The first kappa shape index (κ1) is 15.2. The van der Waals surface area contributed by atoms with Crippen LogP contribution in [0, 0.1) is 11.3 Å².